The minimum atomic E-state index is -1.18. The summed E-state index contributed by atoms with van der Waals surface area (Å²) in [6.45, 7) is 4.94. The Morgan fingerprint density at radius 3 is 2.44 bits per heavy atom. The van der Waals surface area contributed by atoms with Gasteiger partial charge in [-0.05, 0) is 37.0 Å². The van der Waals surface area contributed by atoms with E-state index in [1.807, 2.05) is 13.8 Å². The molecule has 0 unspecified atom stereocenters. The molecule has 1 amide bonds. The molecule has 0 aliphatic rings. The summed E-state index contributed by atoms with van der Waals surface area (Å²) in [5.74, 6) is -4.26. The van der Waals surface area contributed by atoms with Crippen molar-refractivity contribution < 1.29 is 33.4 Å². The van der Waals surface area contributed by atoms with Crippen molar-refractivity contribution in [3.8, 4) is 5.75 Å². The molecule has 0 heterocycles. The van der Waals surface area contributed by atoms with Gasteiger partial charge in [0.15, 0.2) is 17.9 Å². The smallest absolute Gasteiger partial charge is 0.333 e. The maximum atomic E-state index is 14.2. The first kappa shape index (κ1) is 22.2. The summed E-state index contributed by atoms with van der Waals surface area (Å²) in [5.41, 5.74) is 6.00. The van der Waals surface area contributed by atoms with Gasteiger partial charge in [0.05, 0.1) is 11.6 Å². The predicted molar refractivity (Wildman–Crippen MR) is 94.0 cm³/mol. The standard InChI is InChI=1S/C18H23FN2O6/c1-9(2)11-6-12(8-22)16(13(19)7-11)27-18(26)10(3)21-17(25)14(20)4-5-15(23)24/h6-10,14H,4-5,20H2,1-3H3,(H,21,25)(H,23,24)/t10-,14-/m0/s1. The van der Waals surface area contributed by atoms with E-state index in [1.54, 1.807) is 0 Å². The van der Waals surface area contributed by atoms with E-state index < -0.39 is 41.5 Å². The largest absolute Gasteiger partial charge is 0.481 e. The Morgan fingerprint density at radius 1 is 1.30 bits per heavy atom. The number of nitrogens with one attached hydrogen (secondary N) is 1. The second-order valence-electron chi connectivity index (χ2n) is 6.38. The average molecular weight is 382 g/mol. The van der Waals surface area contributed by atoms with Crippen LogP contribution in [0, 0.1) is 5.82 Å². The topological polar surface area (TPSA) is 136 Å². The highest BCUT2D eigenvalue weighted by Crippen LogP contribution is 2.27. The first-order chi connectivity index (χ1) is 12.6. The summed E-state index contributed by atoms with van der Waals surface area (Å²) in [5, 5.41) is 10.8. The van der Waals surface area contributed by atoms with Crippen LogP contribution in [0.25, 0.3) is 0 Å². The first-order valence-electron chi connectivity index (χ1n) is 8.34. The Kier molecular flexibility index (Phi) is 8.04. The maximum Gasteiger partial charge on any atom is 0.333 e. The van der Waals surface area contributed by atoms with E-state index in [-0.39, 0.29) is 24.3 Å². The van der Waals surface area contributed by atoms with Crippen molar-refractivity contribution in [2.75, 3.05) is 0 Å². The molecule has 0 saturated heterocycles. The SMILES string of the molecule is CC(C)c1cc(F)c(OC(=O)[C@H](C)NC(=O)[C@@H](N)CCC(=O)O)c(C=O)c1. The lowest BCUT2D eigenvalue weighted by Gasteiger charge is -2.17. The van der Waals surface area contributed by atoms with Gasteiger partial charge in [0.25, 0.3) is 0 Å². The summed E-state index contributed by atoms with van der Waals surface area (Å²) >= 11 is 0. The third kappa shape index (κ3) is 6.45. The van der Waals surface area contributed by atoms with Crippen LogP contribution in [0.3, 0.4) is 0 Å². The first-order valence-corrected chi connectivity index (χ1v) is 8.34. The van der Waals surface area contributed by atoms with Crippen molar-refractivity contribution in [1.82, 2.24) is 5.32 Å². The Morgan fingerprint density at radius 2 is 1.93 bits per heavy atom. The van der Waals surface area contributed by atoms with Crippen LogP contribution < -0.4 is 15.8 Å². The van der Waals surface area contributed by atoms with Crippen LogP contribution in [0.2, 0.25) is 0 Å². The van der Waals surface area contributed by atoms with Gasteiger partial charge in [-0.1, -0.05) is 13.8 Å². The molecule has 0 spiro atoms. The molecule has 0 aliphatic carbocycles. The third-order valence-corrected chi connectivity index (χ3v) is 3.81. The van der Waals surface area contributed by atoms with E-state index in [9.17, 15) is 23.6 Å². The zero-order valence-electron chi connectivity index (χ0n) is 15.3. The number of benzene rings is 1. The van der Waals surface area contributed by atoms with Gasteiger partial charge in [-0.15, -0.1) is 0 Å². The molecule has 0 bridgehead atoms. The van der Waals surface area contributed by atoms with Crippen molar-refractivity contribution in [3.05, 3.63) is 29.1 Å². The highest BCUT2D eigenvalue weighted by atomic mass is 19.1. The van der Waals surface area contributed by atoms with Gasteiger partial charge in [-0.3, -0.25) is 14.4 Å². The van der Waals surface area contributed by atoms with Gasteiger partial charge in [-0.2, -0.15) is 0 Å². The molecule has 0 aromatic heterocycles. The van der Waals surface area contributed by atoms with Crippen molar-refractivity contribution >= 4 is 24.1 Å². The van der Waals surface area contributed by atoms with E-state index in [2.05, 4.69) is 5.32 Å². The van der Waals surface area contributed by atoms with Crippen LogP contribution in [0.15, 0.2) is 12.1 Å². The minimum Gasteiger partial charge on any atom is -0.481 e. The number of carbonyl (C=O) groups excluding carboxylic acids is 3. The van der Waals surface area contributed by atoms with E-state index >= 15 is 0 Å². The summed E-state index contributed by atoms with van der Waals surface area (Å²) in [6, 6.07) is 0.292. The number of amides is 1. The van der Waals surface area contributed by atoms with Gasteiger partial charge < -0.3 is 20.9 Å². The zero-order chi connectivity index (χ0) is 20.7. The number of carboxylic acid groups (broad SMARTS) is 1. The molecule has 1 rings (SSSR count). The quantitative estimate of drug-likeness (QED) is 0.333. The number of rotatable bonds is 9. The number of esters is 1. The number of ether oxygens (including phenoxy) is 1. The van der Waals surface area contributed by atoms with Gasteiger partial charge in [-0.25, -0.2) is 9.18 Å². The normalized spacial score (nSPS) is 13.0. The molecule has 0 aliphatic heterocycles. The number of aldehydes is 1. The van der Waals surface area contributed by atoms with Crippen molar-refractivity contribution in [3.63, 3.8) is 0 Å². The Bertz CT molecular complexity index is 735. The van der Waals surface area contributed by atoms with Crippen LogP contribution in [-0.2, 0) is 14.4 Å². The molecule has 0 radical (unpaired) electrons. The maximum absolute atomic E-state index is 14.2. The monoisotopic (exact) mass is 382 g/mol. The minimum absolute atomic E-state index is 0.0338. The van der Waals surface area contributed by atoms with Crippen LogP contribution in [0.1, 0.15) is 55.5 Å². The van der Waals surface area contributed by atoms with Gasteiger partial charge in [0, 0.05) is 6.42 Å². The molecule has 4 N–H and O–H groups in total. The van der Waals surface area contributed by atoms with Crippen LogP contribution in [0.5, 0.6) is 5.75 Å². The molecule has 9 heteroatoms. The highest BCUT2D eigenvalue weighted by Gasteiger charge is 2.24. The van der Waals surface area contributed by atoms with Crippen LogP contribution in [0.4, 0.5) is 4.39 Å². The molecule has 0 saturated carbocycles. The van der Waals surface area contributed by atoms with Crippen molar-refractivity contribution in [2.45, 2.75) is 51.6 Å². The Hall–Kier alpha value is -2.81. The third-order valence-electron chi connectivity index (χ3n) is 3.81. The van der Waals surface area contributed by atoms with E-state index in [0.29, 0.717) is 11.8 Å². The van der Waals surface area contributed by atoms with E-state index in [0.717, 1.165) is 0 Å². The number of hydrogen-bond acceptors (Lipinski definition) is 6. The summed E-state index contributed by atoms with van der Waals surface area (Å²) in [6.07, 6.45) is -0.0321. The van der Waals surface area contributed by atoms with Gasteiger partial charge in [0.1, 0.15) is 6.04 Å². The number of hydrogen-bond donors (Lipinski definition) is 3. The van der Waals surface area contributed by atoms with Crippen molar-refractivity contribution in [1.29, 1.82) is 0 Å². The summed E-state index contributed by atoms with van der Waals surface area (Å²) in [4.78, 5) is 45.7. The lowest BCUT2D eigenvalue weighted by Crippen LogP contribution is -2.48. The summed E-state index contributed by atoms with van der Waals surface area (Å²) in [7, 11) is 0. The fourth-order valence-corrected chi connectivity index (χ4v) is 2.14. The molecule has 0 fully saturated rings. The van der Waals surface area contributed by atoms with E-state index in [1.165, 1.54) is 19.1 Å². The second kappa shape index (κ2) is 9.77. The van der Waals surface area contributed by atoms with Crippen LogP contribution in [-0.4, -0.2) is 41.3 Å². The Labute approximate surface area is 155 Å². The highest BCUT2D eigenvalue weighted by molar-refractivity contribution is 5.89. The molecular formula is C18H23FN2O6. The molecule has 2 atom stereocenters. The fourth-order valence-electron chi connectivity index (χ4n) is 2.14. The molecule has 1 aromatic rings. The fraction of sp³-hybridized carbons (Fsp3) is 0.444. The number of carboxylic acids is 1. The van der Waals surface area contributed by atoms with Gasteiger partial charge >= 0.3 is 11.9 Å². The second-order valence-corrected chi connectivity index (χ2v) is 6.38. The zero-order valence-corrected chi connectivity index (χ0v) is 15.3. The molecule has 1 aromatic carbocycles. The molecule has 27 heavy (non-hydrogen) atoms. The molecule has 148 valence electrons. The number of nitrogens with two attached hydrogens (primary N) is 1. The molecular weight excluding hydrogens is 359 g/mol. The average Bonchev–Trinajstić information content (AvgIpc) is 2.60. The Balaban J connectivity index is 2.82. The number of halogens is 1. The predicted octanol–water partition coefficient (Wildman–Crippen LogP) is 1.36. The lowest BCUT2D eigenvalue weighted by atomic mass is 10.0. The number of carbonyl (C=O) groups is 4. The molecule has 8 nitrogen and oxygen atoms in total. The summed E-state index contributed by atoms with van der Waals surface area (Å²) < 4.78 is 19.2. The van der Waals surface area contributed by atoms with E-state index in [4.69, 9.17) is 15.6 Å². The van der Waals surface area contributed by atoms with Gasteiger partial charge in [0.2, 0.25) is 5.91 Å². The van der Waals surface area contributed by atoms with Crippen LogP contribution >= 0.6 is 0 Å². The van der Waals surface area contributed by atoms with Crippen molar-refractivity contribution in [2.24, 2.45) is 5.73 Å². The number of aliphatic carboxylic acids is 1. The lowest BCUT2D eigenvalue weighted by molar-refractivity contribution is -0.140.